The fraction of sp³-hybridized carbons (Fsp3) is 0.346. The number of hydrogen-bond donors (Lipinski definition) is 2. The van der Waals surface area contributed by atoms with E-state index in [9.17, 15) is 9.18 Å². The number of aromatic nitrogens is 2. The molecule has 2 aromatic heterocycles. The summed E-state index contributed by atoms with van der Waals surface area (Å²) in [7, 11) is 2.12. The number of ether oxygens (including phenoxy) is 1. The summed E-state index contributed by atoms with van der Waals surface area (Å²) in [6.45, 7) is 6.48. The molecule has 0 bridgehead atoms. The van der Waals surface area contributed by atoms with Crippen molar-refractivity contribution in [2.75, 3.05) is 69.7 Å². The standard InChI is InChI=1S/C26H29ClFN7O2/c1-33-8-10-34(11-9-33)7-6-30-26(36)32-25-15-19(4-5-29-25)35-12-13-37-24-17-31-22(16-23(24)35)20-14-18(27)2-3-21(20)28/h2-5,14-17H,6-13H2,1H3,(H2,29,30,32,36). The highest BCUT2D eigenvalue weighted by Gasteiger charge is 2.22. The minimum Gasteiger partial charge on any atom is -0.488 e. The molecular weight excluding hydrogens is 497 g/mol. The summed E-state index contributed by atoms with van der Waals surface area (Å²) in [6, 6.07) is 9.51. The predicted molar refractivity (Wildman–Crippen MR) is 142 cm³/mol. The third-order valence-corrected chi connectivity index (χ3v) is 6.76. The summed E-state index contributed by atoms with van der Waals surface area (Å²) < 4.78 is 20.3. The van der Waals surface area contributed by atoms with E-state index in [1.807, 2.05) is 11.0 Å². The molecule has 3 aromatic rings. The highest BCUT2D eigenvalue weighted by atomic mass is 35.5. The average Bonchev–Trinajstić information content (AvgIpc) is 2.90. The Kier molecular flexibility index (Phi) is 7.68. The second-order valence-corrected chi connectivity index (χ2v) is 9.52. The van der Waals surface area contributed by atoms with Gasteiger partial charge in [0.1, 0.15) is 18.2 Å². The van der Waals surface area contributed by atoms with Crippen molar-refractivity contribution >= 4 is 34.8 Å². The minimum atomic E-state index is -0.408. The molecule has 2 N–H and O–H groups in total. The maximum atomic E-state index is 14.5. The van der Waals surface area contributed by atoms with Gasteiger partial charge in [0.25, 0.3) is 0 Å². The molecule has 2 amide bonds. The van der Waals surface area contributed by atoms with E-state index >= 15 is 0 Å². The zero-order chi connectivity index (χ0) is 25.8. The molecule has 1 fully saturated rings. The van der Waals surface area contributed by atoms with Gasteiger partial charge < -0.3 is 19.9 Å². The molecule has 4 heterocycles. The van der Waals surface area contributed by atoms with Crippen LogP contribution in [0.4, 0.5) is 26.4 Å². The van der Waals surface area contributed by atoms with Gasteiger partial charge in [-0.1, -0.05) is 11.6 Å². The number of carbonyl (C=O) groups excluding carboxylic acids is 1. The number of likely N-dealkylation sites (N-methyl/N-ethyl adjacent to an activating group) is 1. The molecule has 0 aliphatic carbocycles. The van der Waals surface area contributed by atoms with Crippen LogP contribution in [0, 0.1) is 5.82 Å². The van der Waals surface area contributed by atoms with E-state index in [1.54, 1.807) is 30.6 Å². The van der Waals surface area contributed by atoms with Gasteiger partial charge in [-0.25, -0.2) is 14.2 Å². The van der Waals surface area contributed by atoms with Gasteiger partial charge in [0, 0.05) is 67.8 Å². The largest absolute Gasteiger partial charge is 0.488 e. The number of piperazine rings is 1. The molecule has 37 heavy (non-hydrogen) atoms. The molecule has 194 valence electrons. The Bertz CT molecular complexity index is 1270. The molecule has 5 rings (SSSR count). The number of halogens is 2. The van der Waals surface area contributed by atoms with Gasteiger partial charge >= 0.3 is 6.03 Å². The van der Waals surface area contributed by atoms with Crippen molar-refractivity contribution in [3.05, 3.63) is 59.6 Å². The maximum Gasteiger partial charge on any atom is 0.320 e. The third-order valence-electron chi connectivity index (χ3n) is 6.52. The number of carbonyl (C=O) groups is 1. The van der Waals surface area contributed by atoms with Crippen molar-refractivity contribution in [1.82, 2.24) is 25.1 Å². The zero-order valence-corrected chi connectivity index (χ0v) is 21.3. The quantitative estimate of drug-likeness (QED) is 0.506. The average molecular weight is 526 g/mol. The van der Waals surface area contributed by atoms with Crippen LogP contribution in [0.3, 0.4) is 0 Å². The number of pyridine rings is 2. The Morgan fingerprint density at radius 2 is 1.95 bits per heavy atom. The van der Waals surface area contributed by atoms with Crippen LogP contribution in [0.1, 0.15) is 0 Å². The lowest BCUT2D eigenvalue weighted by Gasteiger charge is -2.32. The van der Waals surface area contributed by atoms with Crippen LogP contribution in [-0.2, 0) is 0 Å². The molecule has 2 aliphatic rings. The van der Waals surface area contributed by atoms with Gasteiger partial charge in [-0.05, 0) is 37.4 Å². The van der Waals surface area contributed by atoms with Crippen LogP contribution in [0.15, 0.2) is 48.8 Å². The number of urea groups is 1. The number of amides is 2. The van der Waals surface area contributed by atoms with Crippen molar-refractivity contribution in [2.24, 2.45) is 0 Å². The molecule has 0 radical (unpaired) electrons. The smallest absolute Gasteiger partial charge is 0.320 e. The van der Waals surface area contributed by atoms with Crippen LogP contribution in [0.25, 0.3) is 11.3 Å². The van der Waals surface area contributed by atoms with Crippen molar-refractivity contribution in [1.29, 1.82) is 0 Å². The fourth-order valence-electron chi connectivity index (χ4n) is 4.45. The summed E-state index contributed by atoms with van der Waals surface area (Å²) in [5.41, 5.74) is 2.31. The first-order valence-electron chi connectivity index (χ1n) is 12.2. The summed E-state index contributed by atoms with van der Waals surface area (Å²) in [6.07, 6.45) is 3.23. The van der Waals surface area contributed by atoms with Crippen molar-refractivity contribution in [2.45, 2.75) is 0 Å². The van der Waals surface area contributed by atoms with Crippen molar-refractivity contribution in [3.63, 3.8) is 0 Å². The van der Waals surface area contributed by atoms with E-state index in [2.05, 4.69) is 37.4 Å². The first kappa shape index (κ1) is 25.2. The molecule has 0 saturated carbocycles. The van der Waals surface area contributed by atoms with Crippen LogP contribution in [0.5, 0.6) is 5.75 Å². The summed E-state index contributed by atoms with van der Waals surface area (Å²) >= 11 is 6.09. The van der Waals surface area contributed by atoms with Gasteiger partial charge in [0.2, 0.25) is 0 Å². The summed E-state index contributed by atoms with van der Waals surface area (Å²) in [5, 5.41) is 6.15. The van der Waals surface area contributed by atoms with E-state index in [1.165, 1.54) is 12.1 Å². The van der Waals surface area contributed by atoms with Gasteiger partial charge in [-0.2, -0.15) is 0 Å². The number of nitrogens with one attached hydrogen (secondary N) is 2. The van der Waals surface area contributed by atoms with Crippen molar-refractivity contribution in [3.8, 4) is 17.0 Å². The van der Waals surface area contributed by atoms with Crippen LogP contribution < -0.4 is 20.3 Å². The third kappa shape index (κ3) is 6.10. The zero-order valence-electron chi connectivity index (χ0n) is 20.6. The number of benzene rings is 1. The summed E-state index contributed by atoms with van der Waals surface area (Å²) in [5.74, 6) is 0.609. The lowest BCUT2D eigenvalue weighted by molar-refractivity contribution is 0.155. The molecule has 1 aromatic carbocycles. The highest BCUT2D eigenvalue weighted by Crippen LogP contribution is 2.39. The highest BCUT2D eigenvalue weighted by molar-refractivity contribution is 6.30. The Balaban J connectivity index is 1.27. The van der Waals surface area contributed by atoms with Gasteiger partial charge in [-0.3, -0.25) is 15.2 Å². The first-order chi connectivity index (χ1) is 18.0. The minimum absolute atomic E-state index is 0.302. The molecular formula is C26H29ClFN7O2. The fourth-order valence-corrected chi connectivity index (χ4v) is 4.62. The summed E-state index contributed by atoms with van der Waals surface area (Å²) in [4.78, 5) is 27.8. The molecule has 0 spiro atoms. The topological polar surface area (TPSA) is 85.9 Å². The van der Waals surface area contributed by atoms with Gasteiger partial charge in [-0.15, -0.1) is 0 Å². The number of anilines is 3. The SMILES string of the molecule is CN1CCN(CCNC(=O)Nc2cc(N3CCOc4cnc(-c5cc(Cl)ccc5F)cc43)ccn2)CC1. The van der Waals surface area contributed by atoms with Crippen LogP contribution in [0.2, 0.25) is 5.02 Å². The van der Waals surface area contributed by atoms with E-state index in [4.69, 9.17) is 16.3 Å². The van der Waals surface area contributed by atoms with Gasteiger partial charge in [0.05, 0.1) is 24.1 Å². The Morgan fingerprint density at radius 3 is 2.78 bits per heavy atom. The second-order valence-electron chi connectivity index (χ2n) is 9.09. The predicted octanol–water partition coefficient (Wildman–Crippen LogP) is 3.84. The van der Waals surface area contributed by atoms with E-state index in [-0.39, 0.29) is 6.03 Å². The van der Waals surface area contributed by atoms with Gasteiger partial charge in [0.15, 0.2) is 5.75 Å². The molecule has 1 saturated heterocycles. The molecule has 2 aliphatic heterocycles. The maximum absolute atomic E-state index is 14.5. The monoisotopic (exact) mass is 525 g/mol. The Labute approximate surface area is 220 Å². The number of nitrogens with zero attached hydrogens (tertiary/aromatic N) is 5. The Morgan fingerprint density at radius 1 is 1.11 bits per heavy atom. The molecule has 0 unspecified atom stereocenters. The molecule has 11 heteroatoms. The van der Waals surface area contributed by atoms with Crippen molar-refractivity contribution < 1.29 is 13.9 Å². The first-order valence-corrected chi connectivity index (χ1v) is 12.6. The number of hydrogen-bond acceptors (Lipinski definition) is 7. The lowest BCUT2D eigenvalue weighted by atomic mass is 10.1. The van der Waals surface area contributed by atoms with E-state index in [0.717, 1.165) is 44.1 Å². The number of fused-ring (bicyclic) bond motifs is 1. The van der Waals surface area contributed by atoms with Crippen LogP contribution >= 0.6 is 11.6 Å². The van der Waals surface area contributed by atoms with E-state index < -0.39 is 5.82 Å². The Hall–Kier alpha value is -3.47. The lowest BCUT2D eigenvalue weighted by Crippen LogP contribution is -2.47. The van der Waals surface area contributed by atoms with Crippen LogP contribution in [-0.4, -0.2) is 85.3 Å². The molecule has 0 atom stereocenters. The normalized spacial score (nSPS) is 16.1. The molecule has 9 nitrogen and oxygen atoms in total. The number of rotatable bonds is 6. The van der Waals surface area contributed by atoms with E-state index in [0.29, 0.717) is 47.5 Å². The second kappa shape index (κ2) is 11.3.